The molecule has 6 rings (SSSR count). The number of anilines is 1. The summed E-state index contributed by atoms with van der Waals surface area (Å²) in [6.07, 6.45) is 13.3. The van der Waals surface area contributed by atoms with Crippen LogP contribution < -0.4 is 5.32 Å². The molecule has 2 heterocycles. The molecule has 28 heavy (non-hydrogen) atoms. The van der Waals surface area contributed by atoms with E-state index in [0.717, 1.165) is 43.7 Å². The van der Waals surface area contributed by atoms with Gasteiger partial charge in [0, 0.05) is 26.6 Å². The summed E-state index contributed by atoms with van der Waals surface area (Å²) in [5, 5.41) is 7.32. The normalized spacial score (nSPS) is 33.9. The molecule has 0 unspecified atom stereocenters. The van der Waals surface area contributed by atoms with E-state index in [9.17, 15) is 9.59 Å². The number of nitrogens with zero attached hydrogens (tertiary/aromatic N) is 3. The van der Waals surface area contributed by atoms with Gasteiger partial charge in [0.2, 0.25) is 5.91 Å². The average molecular weight is 385 g/mol. The number of likely N-dealkylation sites (tertiary alicyclic amines) is 1. The zero-order chi connectivity index (χ0) is 19.3. The number of carbonyl (C=O) groups is 2. The number of aromatic nitrogens is 2. The molecule has 0 radical (unpaired) electrons. The Morgan fingerprint density at radius 2 is 1.68 bits per heavy atom. The van der Waals surface area contributed by atoms with Gasteiger partial charge in [-0.3, -0.25) is 14.3 Å². The molecular weight excluding hydrogens is 352 g/mol. The van der Waals surface area contributed by atoms with Gasteiger partial charge in [0.05, 0.1) is 11.9 Å². The van der Waals surface area contributed by atoms with Gasteiger partial charge in [0.15, 0.2) is 0 Å². The minimum atomic E-state index is -0.00944. The number of carbonyl (C=O) groups excluding carboxylic acids is 2. The molecule has 4 saturated carbocycles. The molecule has 6 nitrogen and oxygen atoms in total. The molecule has 0 spiro atoms. The second kappa shape index (κ2) is 6.89. The van der Waals surface area contributed by atoms with E-state index in [1.54, 1.807) is 17.9 Å². The van der Waals surface area contributed by atoms with Crippen molar-refractivity contribution < 1.29 is 9.59 Å². The first-order valence-electron chi connectivity index (χ1n) is 11.1. The molecule has 1 aromatic heterocycles. The van der Waals surface area contributed by atoms with Crippen LogP contribution >= 0.6 is 0 Å². The van der Waals surface area contributed by atoms with Crippen molar-refractivity contribution in [2.24, 2.45) is 30.2 Å². The Kier molecular flexibility index (Phi) is 4.48. The lowest BCUT2D eigenvalue weighted by Gasteiger charge is -2.56. The molecule has 5 aliphatic rings. The quantitative estimate of drug-likeness (QED) is 0.863. The fourth-order valence-electron chi connectivity index (χ4n) is 7.07. The zero-order valence-corrected chi connectivity index (χ0v) is 17.0. The Hall–Kier alpha value is -1.85. The first kappa shape index (κ1) is 18.2. The maximum absolute atomic E-state index is 13.0. The van der Waals surface area contributed by atoms with E-state index in [0.29, 0.717) is 17.8 Å². The van der Waals surface area contributed by atoms with Crippen molar-refractivity contribution in [2.75, 3.05) is 18.4 Å². The van der Waals surface area contributed by atoms with E-state index in [1.807, 2.05) is 4.90 Å². The van der Waals surface area contributed by atoms with Crippen molar-refractivity contribution in [1.82, 2.24) is 14.7 Å². The van der Waals surface area contributed by atoms with Crippen molar-refractivity contribution in [3.8, 4) is 0 Å². The molecule has 4 aliphatic carbocycles. The predicted molar refractivity (Wildman–Crippen MR) is 107 cm³/mol. The average Bonchev–Trinajstić information content (AvgIpc) is 3.00. The summed E-state index contributed by atoms with van der Waals surface area (Å²) in [6.45, 7) is 1.59. The fraction of sp³-hybridized carbons (Fsp3) is 0.773. The van der Waals surface area contributed by atoms with Crippen LogP contribution in [0.15, 0.2) is 6.20 Å². The summed E-state index contributed by atoms with van der Waals surface area (Å²) in [7, 11) is 1.78. The van der Waals surface area contributed by atoms with Crippen LogP contribution in [-0.4, -0.2) is 39.6 Å². The van der Waals surface area contributed by atoms with Gasteiger partial charge in [-0.2, -0.15) is 5.10 Å². The molecule has 1 saturated heterocycles. The third-order valence-corrected chi connectivity index (χ3v) is 7.76. The van der Waals surface area contributed by atoms with Gasteiger partial charge in [-0.25, -0.2) is 0 Å². The van der Waals surface area contributed by atoms with E-state index in [4.69, 9.17) is 0 Å². The Balaban J connectivity index is 1.29. The van der Waals surface area contributed by atoms with E-state index >= 15 is 0 Å². The third kappa shape index (κ3) is 3.25. The molecule has 4 bridgehead atoms. The lowest BCUT2D eigenvalue weighted by molar-refractivity contribution is -0.124. The molecule has 0 aromatic carbocycles. The van der Waals surface area contributed by atoms with Crippen LogP contribution in [0.3, 0.4) is 0 Å². The monoisotopic (exact) mass is 384 g/mol. The second-order valence-corrected chi connectivity index (χ2v) is 10.0. The number of amides is 2. The fourth-order valence-corrected chi connectivity index (χ4v) is 7.07. The number of nitrogens with one attached hydrogen (secondary N) is 1. The summed E-state index contributed by atoms with van der Waals surface area (Å²) in [5.74, 6) is 2.57. The summed E-state index contributed by atoms with van der Waals surface area (Å²) in [5.41, 5.74) is 1.30. The Morgan fingerprint density at radius 1 is 1.07 bits per heavy atom. The molecule has 5 fully saturated rings. The smallest absolute Gasteiger partial charge is 0.274 e. The van der Waals surface area contributed by atoms with Crippen molar-refractivity contribution in [2.45, 2.75) is 64.2 Å². The van der Waals surface area contributed by atoms with Crippen LogP contribution in [0.2, 0.25) is 0 Å². The maximum Gasteiger partial charge on any atom is 0.274 e. The second-order valence-electron chi connectivity index (χ2n) is 10.0. The standard InChI is InChI=1S/C22H32N4O2/c1-25-20(21(28)26-5-3-2-4-6-26)18(14-23-25)24-19(27)13-22-10-15-7-16(11-22)9-17(8-15)12-22/h14-17H,2-13H2,1H3,(H,24,27). The van der Waals surface area contributed by atoms with Gasteiger partial charge in [0.1, 0.15) is 5.69 Å². The molecule has 1 aliphatic heterocycles. The molecule has 152 valence electrons. The molecular formula is C22H32N4O2. The van der Waals surface area contributed by atoms with Gasteiger partial charge >= 0.3 is 0 Å². The van der Waals surface area contributed by atoms with Gasteiger partial charge in [-0.15, -0.1) is 0 Å². The minimum absolute atomic E-state index is 0.00944. The number of rotatable bonds is 4. The Bertz CT molecular complexity index is 742. The van der Waals surface area contributed by atoms with Crippen LogP contribution in [-0.2, 0) is 11.8 Å². The van der Waals surface area contributed by atoms with Gasteiger partial charge in [-0.05, 0) is 81.0 Å². The van der Waals surface area contributed by atoms with Gasteiger partial charge in [-0.1, -0.05) is 0 Å². The van der Waals surface area contributed by atoms with E-state index in [1.165, 1.54) is 44.9 Å². The number of aryl methyl sites for hydroxylation is 1. The number of hydrogen-bond donors (Lipinski definition) is 1. The predicted octanol–water partition coefficient (Wildman–Crippen LogP) is 3.59. The zero-order valence-electron chi connectivity index (χ0n) is 17.0. The highest BCUT2D eigenvalue weighted by Gasteiger charge is 2.51. The summed E-state index contributed by atoms with van der Waals surface area (Å²) in [4.78, 5) is 27.9. The van der Waals surface area contributed by atoms with Crippen LogP contribution in [0.5, 0.6) is 0 Å². The number of piperidine rings is 1. The Morgan fingerprint density at radius 3 is 2.29 bits per heavy atom. The van der Waals surface area contributed by atoms with Crippen LogP contribution in [0.1, 0.15) is 74.7 Å². The summed E-state index contributed by atoms with van der Waals surface area (Å²) < 4.78 is 1.61. The van der Waals surface area contributed by atoms with E-state index in [-0.39, 0.29) is 17.2 Å². The highest BCUT2D eigenvalue weighted by atomic mass is 16.2. The van der Waals surface area contributed by atoms with Crippen molar-refractivity contribution >= 4 is 17.5 Å². The summed E-state index contributed by atoms with van der Waals surface area (Å²) in [6, 6.07) is 0. The molecule has 2 amide bonds. The van der Waals surface area contributed by atoms with Crippen LogP contribution in [0.25, 0.3) is 0 Å². The maximum atomic E-state index is 13.0. The molecule has 6 heteroatoms. The SMILES string of the molecule is Cn1ncc(NC(=O)CC23CC4CC(CC(C4)C2)C3)c1C(=O)N1CCCCC1. The first-order valence-corrected chi connectivity index (χ1v) is 11.1. The minimum Gasteiger partial charge on any atom is -0.337 e. The Labute approximate surface area is 167 Å². The lowest BCUT2D eigenvalue weighted by atomic mass is 9.49. The topological polar surface area (TPSA) is 67.2 Å². The largest absolute Gasteiger partial charge is 0.337 e. The highest BCUT2D eigenvalue weighted by Crippen LogP contribution is 2.61. The first-order chi connectivity index (χ1) is 13.5. The van der Waals surface area contributed by atoms with Gasteiger partial charge in [0.25, 0.3) is 5.91 Å². The van der Waals surface area contributed by atoms with Crippen molar-refractivity contribution in [1.29, 1.82) is 0 Å². The summed E-state index contributed by atoms with van der Waals surface area (Å²) >= 11 is 0. The molecule has 1 N–H and O–H groups in total. The van der Waals surface area contributed by atoms with E-state index < -0.39 is 0 Å². The highest BCUT2D eigenvalue weighted by molar-refractivity contribution is 6.02. The van der Waals surface area contributed by atoms with Crippen LogP contribution in [0, 0.1) is 23.2 Å². The third-order valence-electron chi connectivity index (χ3n) is 7.76. The van der Waals surface area contributed by atoms with Crippen LogP contribution in [0.4, 0.5) is 5.69 Å². The molecule has 0 atom stereocenters. The van der Waals surface area contributed by atoms with Crippen molar-refractivity contribution in [3.05, 3.63) is 11.9 Å². The lowest BCUT2D eigenvalue weighted by Crippen LogP contribution is -2.47. The number of hydrogen-bond acceptors (Lipinski definition) is 3. The van der Waals surface area contributed by atoms with Crippen molar-refractivity contribution in [3.63, 3.8) is 0 Å². The van der Waals surface area contributed by atoms with E-state index in [2.05, 4.69) is 10.4 Å². The van der Waals surface area contributed by atoms with Gasteiger partial charge < -0.3 is 10.2 Å². The molecule has 1 aromatic rings.